The van der Waals surface area contributed by atoms with Crippen molar-refractivity contribution in [1.82, 2.24) is 19.8 Å². The average molecular weight is 550 g/mol. The molecule has 1 aliphatic rings. The van der Waals surface area contributed by atoms with E-state index < -0.39 is 5.41 Å². The molecular formula is C26H36ClN5O4S. The third-order valence-electron chi connectivity index (χ3n) is 6.13. The molecule has 0 aliphatic carbocycles. The molecule has 2 aromatic rings. The zero-order valence-corrected chi connectivity index (χ0v) is 24.0. The second-order valence-corrected chi connectivity index (χ2v) is 11.2. The Kier molecular flexibility index (Phi) is 9.89. The molecule has 0 N–H and O–H groups in total. The molecule has 0 bridgehead atoms. The highest BCUT2D eigenvalue weighted by Gasteiger charge is 2.30. The number of amides is 2. The lowest BCUT2D eigenvalue weighted by Crippen LogP contribution is -2.51. The van der Waals surface area contributed by atoms with Crippen LogP contribution in [0.1, 0.15) is 26.3 Å². The smallest absolute Gasteiger partial charge is 0.232 e. The van der Waals surface area contributed by atoms with E-state index in [0.717, 1.165) is 5.56 Å². The van der Waals surface area contributed by atoms with Gasteiger partial charge in [0.2, 0.25) is 11.8 Å². The summed E-state index contributed by atoms with van der Waals surface area (Å²) in [5.74, 6) is 2.38. The maximum Gasteiger partial charge on any atom is 0.232 e. The van der Waals surface area contributed by atoms with Crippen LogP contribution in [0.3, 0.4) is 0 Å². The van der Waals surface area contributed by atoms with Gasteiger partial charge in [-0.1, -0.05) is 50.2 Å². The summed E-state index contributed by atoms with van der Waals surface area (Å²) in [5, 5.41) is 0.785. The van der Waals surface area contributed by atoms with Gasteiger partial charge in [-0.15, -0.1) is 0 Å². The Morgan fingerprint density at radius 3 is 2.35 bits per heavy atom. The summed E-state index contributed by atoms with van der Waals surface area (Å²) in [5.41, 5.74) is 0.655. The number of rotatable bonds is 9. The fraction of sp³-hybridized carbons (Fsp3) is 0.538. The van der Waals surface area contributed by atoms with Crippen LogP contribution in [0.25, 0.3) is 0 Å². The van der Waals surface area contributed by atoms with Crippen molar-refractivity contribution in [3.63, 3.8) is 0 Å². The summed E-state index contributed by atoms with van der Waals surface area (Å²) in [7, 11) is 4.99. The van der Waals surface area contributed by atoms with Gasteiger partial charge in [-0.25, -0.2) is 9.97 Å². The fourth-order valence-electron chi connectivity index (χ4n) is 3.92. The zero-order chi connectivity index (χ0) is 27.2. The number of carbonyl (C=O) groups is 2. The highest BCUT2D eigenvalue weighted by Crippen LogP contribution is 2.28. The van der Waals surface area contributed by atoms with E-state index in [0.29, 0.717) is 66.8 Å². The SMILES string of the molecule is COc1ccc(CCN(C)C(=O)CSc2nc(Cl)cc(N3CCN(C(=O)C(C)(C)C)CC3)n2)cc1OC. The van der Waals surface area contributed by atoms with Gasteiger partial charge in [-0.2, -0.15) is 0 Å². The van der Waals surface area contributed by atoms with Gasteiger partial charge < -0.3 is 24.2 Å². The maximum atomic E-state index is 12.7. The first-order valence-electron chi connectivity index (χ1n) is 12.2. The quantitative estimate of drug-likeness (QED) is 0.266. The van der Waals surface area contributed by atoms with Crippen molar-refractivity contribution in [2.75, 3.05) is 64.6 Å². The third kappa shape index (κ3) is 7.88. The van der Waals surface area contributed by atoms with Crippen LogP contribution >= 0.6 is 23.4 Å². The van der Waals surface area contributed by atoms with Gasteiger partial charge in [0.15, 0.2) is 16.7 Å². The Bertz CT molecular complexity index is 1100. The second-order valence-electron chi connectivity index (χ2n) is 9.90. The summed E-state index contributed by atoms with van der Waals surface area (Å²) < 4.78 is 10.6. The molecule has 0 radical (unpaired) electrons. The van der Waals surface area contributed by atoms with Crippen LogP contribution < -0.4 is 14.4 Å². The van der Waals surface area contributed by atoms with Gasteiger partial charge in [0.1, 0.15) is 11.0 Å². The maximum absolute atomic E-state index is 12.7. The van der Waals surface area contributed by atoms with Gasteiger partial charge >= 0.3 is 0 Å². The Labute approximate surface area is 228 Å². The number of thioether (sulfide) groups is 1. The van der Waals surface area contributed by atoms with E-state index in [1.165, 1.54) is 11.8 Å². The van der Waals surface area contributed by atoms with Gasteiger partial charge in [0, 0.05) is 51.3 Å². The highest BCUT2D eigenvalue weighted by atomic mass is 35.5. The molecule has 11 heteroatoms. The van der Waals surface area contributed by atoms with Crippen LogP contribution in [0, 0.1) is 5.41 Å². The summed E-state index contributed by atoms with van der Waals surface area (Å²) in [6.07, 6.45) is 0.689. The molecule has 0 atom stereocenters. The number of benzene rings is 1. The fourth-order valence-corrected chi connectivity index (χ4v) is 4.94. The van der Waals surface area contributed by atoms with Crippen LogP contribution in [0.4, 0.5) is 5.82 Å². The Balaban J connectivity index is 1.53. The highest BCUT2D eigenvalue weighted by molar-refractivity contribution is 7.99. The predicted octanol–water partition coefficient (Wildman–Crippen LogP) is 3.64. The minimum absolute atomic E-state index is 0.0232. The Morgan fingerprint density at radius 1 is 1.05 bits per heavy atom. The van der Waals surface area contributed by atoms with E-state index >= 15 is 0 Å². The van der Waals surface area contributed by atoms with Crippen molar-refractivity contribution in [3.8, 4) is 11.5 Å². The number of ether oxygens (including phenoxy) is 2. The van der Waals surface area contributed by atoms with Crippen molar-refractivity contribution >= 4 is 41.0 Å². The first-order valence-corrected chi connectivity index (χ1v) is 13.5. The minimum atomic E-state index is -0.397. The molecule has 3 rings (SSSR count). The molecule has 2 heterocycles. The van der Waals surface area contributed by atoms with E-state index in [2.05, 4.69) is 14.9 Å². The second kappa shape index (κ2) is 12.7. The molecule has 0 saturated carbocycles. The third-order valence-corrected chi connectivity index (χ3v) is 7.15. The van der Waals surface area contributed by atoms with Crippen LogP contribution in [-0.4, -0.2) is 91.3 Å². The number of likely N-dealkylation sites (N-methyl/N-ethyl adjacent to an activating group) is 1. The van der Waals surface area contributed by atoms with Crippen molar-refractivity contribution in [2.24, 2.45) is 5.41 Å². The molecule has 0 unspecified atom stereocenters. The molecule has 1 aromatic heterocycles. The standard InChI is InChI=1S/C26H36ClN5O4S/c1-26(2,3)24(34)32-13-11-31(12-14-32)22-16-21(27)28-25(29-22)37-17-23(33)30(4)10-9-18-7-8-19(35-5)20(15-18)36-6/h7-8,15-16H,9-14,17H2,1-6H3. The number of hydrogen-bond acceptors (Lipinski definition) is 8. The lowest BCUT2D eigenvalue weighted by atomic mass is 9.94. The molecule has 1 fully saturated rings. The number of hydrogen-bond donors (Lipinski definition) is 0. The minimum Gasteiger partial charge on any atom is -0.493 e. The molecule has 2 amide bonds. The summed E-state index contributed by atoms with van der Waals surface area (Å²) in [6, 6.07) is 7.48. The molecule has 0 spiro atoms. The molecule has 202 valence electrons. The monoisotopic (exact) mass is 549 g/mol. The van der Waals surface area contributed by atoms with Crippen LogP contribution in [0.5, 0.6) is 11.5 Å². The summed E-state index contributed by atoms with van der Waals surface area (Å²) >= 11 is 7.54. The first kappa shape index (κ1) is 28.8. The number of carbonyl (C=O) groups excluding carboxylic acids is 2. The summed E-state index contributed by atoms with van der Waals surface area (Å²) in [6.45, 7) is 8.95. The van der Waals surface area contributed by atoms with Crippen molar-refractivity contribution in [2.45, 2.75) is 32.3 Å². The molecule has 1 aromatic carbocycles. The van der Waals surface area contributed by atoms with Crippen molar-refractivity contribution in [3.05, 3.63) is 35.0 Å². The van der Waals surface area contributed by atoms with Crippen molar-refractivity contribution < 1.29 is 19.1 Å². The number of halogens is 1. The molecule has 1 aliphatic heterocycles. The van der Waals surface area contributed by atoms with Crippen LogP contribution in [0.2, 0.25) is 5.15 Å². The van der Waals surface area contributed by atoms with E-state index in [4.69, 9.17) is 21.1 Å². The van der Waals surface area contributed by atoms with E-state index in [-0.39, 0.29) is 17.6 Å². The van der Waals surface area contributed by atoms with E-state index in [1.807, 2.05) is 43.9 Å². The molecule has 9 nitrogen and oxygen atoms in total. The number of anilines is 1. The zero-order valence-electron chi connectivity index (χ0n) is 22.4. The lowest BCUT2D eigenvalue weighted by Gasteiger charge is -2.38. The van der Waals surface area contributed by atoms with Crippen LogP contribution in [-0.2, 0) is 16.0 Å². The average Bonchev–Trinajstić information content (AvgIpc) is 2.88. The van der Waals surface area contributed by atoms with Gasteiger partial charge in [0.25, 0.3) is 0 Å². The number of piperazine rings is 1. The van der Waals surface area contributed by atoms with Gasteiger partial charge in [-0.05, 0) is 24.1 Å². The number of aromatic nitrogens is 2. The summed E-state index contributed by atoms with van der Waals surface area (Å²) in [4.78, 5) is 39.9. The van der Waals surface area contributed by atoms with E-state index in [1.54, 1.807) is 32.2 Å². The molecule has 37 heavy (non-hydrogen) atoms. The normalized spacial score (nSPS) is 13.9. The van der Waals surface area contributed by atoms with Crippen LogP contribution in [0.15, 0.2) is 29.4 Å². The van der Waals surface area contributed by atoms with Gasteiger partial charge in [0.05, 0.1) is 20.0 Å². The lowest BCUT2D eigenvalue weighted by molar-refractivity contribution is -0.139. The number of methoxy groups -OCH3 is 2. The number of nitrogens with zero attached hydrogens (tertiary/aromatic N) is 5. The van der Waals surface area contributed by atoms with Crippen molar-refractivity contribution in [1.29, 1.82) is 0 Å². The molecular weight excluding hydrogens is 514 g/mol. The van der Waals surface area contributed by atoms with Gasteiger partial charge in [-0.3, -0.25) is 9.59 Å². The van der Waals surface area contributed by atoms with E-state index in [9.17, 15) is 9.59 Å². The Morgan fingerprint density at radius 2 is 1.73 bits per heavy atom. The molecule has 1 saturated heterocycles. The topological polar surface area (TPSA) is 88.1 Å². The first-order chi connectivity index (χ1) is 17.5. The Hall–Kier alpha value is -2.72. The largest absolute Gasteiger partial charge is 0.493 e. The predicted molar refractivity (Wildman–Crippen MR) is 147 cm³/mol.